The highest BCUT2D eigenvalue weighted by Gasteiger charge is 2.30. The Morgan fingerprint density at radius 1 is 1.17 bits per heavy atom. The number of hydrogen-bond donors (Lipinski definition) is 0. The summed E-state index contributed by atoms with van der Waals surface area (Å²) in [4.78, 5) is 30.5. The fourth-order valence-corrected chi connectivity index (χ4v) is 6.62. The lowest BCUT2D eigenvalue weighted by Crippen LogP contribution is -2.49. The zero-order valence-electron chi connectivity index (χ0n) is 22.0. The van der Waals surface area contributed by atoms with Crippen molar-refractivity contribution in [2.45, 2.75) is 52.4 Å². The Bertz CT molecular complexity index is 1270. The Labute approximate surface area is 217 Å². The van der Waals surface area contributed by atoms with Crippen LogP contribution < -0.4 is 14.4 Å². The van der Waals surface area contributed by atoms with Gasteiger partial charge < -0.3 is 19.3 Å². The van der Waals surface area contributed by atoms with E-state index in [1.165, 1.54) is 22.2 Å². The third-order valence-corrected chi connectivity index (χ3v) is 8.86. The standard InChI is InChI=1S/C28H36N4O3S/c1-6-18(3)25-29-26(24-21-9-7-17(2)15-23(21)36-27(24)30-25)31-11-13-32(14-12-31)28(33)20-10-8-19(34-4)16-22(20)35-5/h8,10,16-18H,6-7,9,11-15H2,1-5H3. The Morgan fingerprint density at radius 2 is 1.94 bits per heavy atom. The second-order valence-electron chi connectivity index (χ2n) is 10.1. The molecule has 1 aliphatic carbocycles. The first-order valence-corrected chi connectivity index (χ1v) is 13.8. The molecule has 192 valence electrons. The summed E-state index contributed by atoms with van der Waals surface area (Å²) in [6.45, 7) is 9.52. The molecule has 2 aromatic heterocycles. The summed E-state index contributed by atoms with van der Waals surface area (Å²) >= 11 is 1.87. The number of aromatic nitrogens is 2. The highest BCUT2D eigenvalue weighted by Crippen LogP contribution is 2.42. The van der Waals surface area contributed by atoms with Crippen molar-refractivity contribution in [1.82, 2.24) is 14.9 Å². The molecule has 1 aromatic carbocycles. The maximum absolute atomic E-state index is 13.4. The van der Waals surface area contributed by atoms with Gasteiger partial charge in [0, 0.05) is 43.0 Å². The van der Waals surface area contributed by atoms with E-state index in [-0.39, 0.29) is 5.91 Å². The normalized spacial score (nSPS) is 18.8. The van der Waals surface area contributed by atoms with Gasteiger partial charge in [0.15, 0.2) is 0 Å². The molecule has 3 aromatic rings. The van der Waals surface area contributed by atoms with Crippen molar-refractivity contribution in [2.75, 3.05) is 45.3 Å². The zero-order valence-corrected chi connectivity index (χ0v) is 22.8. The van der Waals surface area contributed by atoms with Crippen LogP contribution in [0.2, 0.25) is 0 Å². The van der Waals surface area contributed by atoms with Crippen molar-refractivity contribution in [3.63, 3.8) is 0 Å². The Morgan fingerprint density at radius 3 is 2.64 bits per heavy atom. The van der Waals surface area contributed by atoms with E-state index in [4.69, 9.17) is 19.4 Å². The molecule has 1 fully saturated rings. The predicted molar refractivity (Wildman–Crippen MR) is 145 cm³/mol. The summed E-state index contributed by atoms with van der Waals surface area (Å²) in [7, 11) is 3.19. The van der Waals surface area contributed by atoms with Crippen LogP contribution in [0.3, 0.4) is 0 Å². The lowest BCUT2D eigenvalue weighted by atomic mass is 9.89. The van der Waals surface area contributed by atoms with Crippen LogP contribution in [0, 0.1) is 5.92 Å². The molecule has 0 saturated carbocycles. The van der Waals surface area contributed by atoms with E-state index in [9.17, 15) is 4.79 Å². The number of fused-ring (bicyclic) bond motifs is 3. The summed E-state index contributed by atoms with van der Waals surface area (Å²) in [6, 6.07) is 5.36. The smallest absolute Gasteiger partial charge is 0.257 e. The van der Waals surface area contributed by atoms with Crippen LogP contribution in [0.15, 0.2) is 18.2 Å². The molecule has 1 amide bonds. The molecule has 8 heteroatoms. The third kappa shape index (κ3) is 4.51. The van der Waals surface area contributed by atoms with E-state index in [2.05, 4.69) is 25.7 Å². The summed E-state index contributed by atoms with van der Waals surface area (Å²) in [6.07, 6.45) is 4.47. The number of hydrogen-bond acceptors (Lipinski definition) is 7. The van der Waals surface area contributed by atoms with Gasteiger partial charge in [-0.05, 0) is 49.3 Å². The molecule has 5 rings (SSSR count). The monoisotopic (exact) mass is 508 g/mol. The average Bonchev–Trinajstić information content (AvgIpc) is 3.28. The fourth-order valence-electron chi connectivity index (χ4n) is 5.24. The van der Waals surface area contributed by atoms with E-state index in [0.717, 1.165) is 54.7 Å². The van der Waals surface area contributed by atoms with Gasteiger partial charge in [-0.3, -0.25) is 4.79 Å². The van der Waals surface area contributed by atoms with Crippen LogP contribution >= 0.6 is 11.3 Å². The van der Waals surface area contributed by atoms with E-state index in [1.807, 2.05) is 16.2 Å². The fraction of sp³-hybridized carbons (Fsp3) is 0.536. The largest absolute Gasteiger partial charge is 0.497 e. The van der Waals surface area contributed by atoms with Gasteiger partial charge in [-0.15, -0.1) is 11.3 Å². The van der Waals surface area contributed by atoms with Crippen molar-refractivity contribution in [3.05, 3.63) is 40.0 Å². The number of amides is 1. The van der Waals surface area contributed by atoms with Crippen molar-refractivity contribution in [2.24, 2.45) is 5.92 Å². The molecule has 0 bridgehead atoms. The van der Waals surface area contributed by atoms with E-state index >= 15 is 0 Å². The lowest BCUT2D eigenvalue weighted by Gasteiger charge is -2.36. The maximum atomic E-state index is 13.4. The Hall–Kier alpha value is -2.87. The molecule has 2 unspecified atom stereocenters. The van der Waals surface area contributed by atoms with Crippen LogP contribution in [-0.4, -0.2) is 61.2 Å². The molecule has 2 atom stereocenters. The molecular formula is C28H36N4O3S. The molecular weight excluding hydrogens is 472 g/mol. The molecule has 1 aliphatic heterocycles. The van der Waals surface area contributed by atoms with Crippen LogP contribution in [0.4, 0.5) is 5.82 Å². The molecule has 3 heterocycles. The van der Waals surface area contributed by atoms with E-state index < -0.39 is 0 Å². The average molecular weight is 509 g/mol. The number of ether oxygens (including phenoxy) is 2. The minimum Gasteiger partial charge on any atom is -0.497 e. The topological polar surface area (TPSA) is 67.8 Å². The molecule has 0 spiro atoms. The van der Waals surface area contributed by atoms with Gasteiger partial charge in [-0.25, -0.2) is 9.97 Å². The van der Waals surface area contributed by atoms with Gasteiger partial charge in [0.05, 0.1) is 25.2 Å². The Kier molecular flexibility index (Phi) is 7.06. The van der Waals surface area contributed by atoms with Gasteiger partial charge in [0.1, 0.15) is 28.0 Å². The highest BCUT2D eigenvalue weighted by atomic mass is 32.1. The van der Waals surface area contributed by atoms with Gasteiger partial charge in [-0.2, -0.15) is 0 Å². The lowest BCUT2D eigenvalue weighted by molar-refractivity contribution is 0.0743. The number of piperazine rings is 1. The number of nitrogens with zero attached hydrogens (tertiary/aromatic N) is 4. The second kappa shape index (κ2) is 10.2. The molecule has 1 saturated heterocycles. The first-order valence-electron chi connectivity index (χ1n) is 13.0. The van der Waals surface area contributed by atoms with Gasteiger partial charge in [0.25, 0.3) is 5.91 Å². The number of aryl methyl sites for hydroxylation is 1. The van der Waals surface area contributed by atoms with E-state index in [0.29, 0.717) is 36.1 Å². The minimum absolute atomic E-state index is 0.0100. The summed E-state index contributed by atoms with van der Waals surface area (Å²) in [5, 5.41) is 1.26. The third-order valence-electron chi connectivity index (χ3n) is 7.71. The maximum Gasteiger partial charge on any atom is 0.257 e. The number of thiophene rings is 1. The van der Waals surface area contributed by atoms with Gasteiger partial charge >= 0.3 is 0 Å². The van der Waals surface area contributed by atoms with Crippen molar-refractivity contribution in [1.29, 1.82) is 0 Å². The minimum atomic E-state index is -0.0100. The Balaban J connectivity index is 1.42. The van der Waals surface area contributed by atoms with Crippen LogP contribution in [-0.2, 0) is 12.8 Å². The number of carbonyl (C=O) groups is 1. The van der Waals surface area contributed by atoms with Crippen molar-refractivity contribution < 1.29 is 14.3 Å². The SMILES string of the molecule is CCC(C)c1nc(N2CCN(C(=O)c3ccc(OC)cc3OC)CC2)c2c3c(sc2n1)CC(C)CC3. The predicted octanol–water partition coefficient (Wildman–Crippen LogP) is 5.31. The number of rotatable bonds is 6. The summed E-state index contributed by atoms with van der Waals surface area (Å²) < 4.78 is 10.8. The number of anilines is 1. The molecule has 2 aliphatic rings. The second-order valence-corrected chi connectivity index (χ2v) is 11.2. The van der Waals surface area contributed by atoms with Crippen molar-refractivity contribution >= 4 is 33.3 Å². The van der Waals surface area contributed by atoms with E-state index in [1.54, 1.807) is 32.4 Å². The molecule has 0 radical (unpaired) electrons. The molecule has 36 heavy (non-hydrogen) atoms. The van der Waals surface area contributed by atoms with Crippen LogP contribution in [0.25, 0.3) is 10.2 Å². The number of benzene rings is 1. The molecule has 7 nitrogen and oxygen atoms in total. The quantitative estimate of drug-likeness (QED) is 0.450. The number of methoxy groups -OCH3 is 2. The van der Waals surface area contributed by atoms with Crippen LogP contribution in [0.5, 0.6) is 11.5 Å². The highest BCUT2D eigenvalue weighted by molar-refractivity contribution is 7.19. The van der Waals surface area contributed by atoms with Crippen LogP contribution in [0.1, 0.15) is 66.2 Å². The first kappa shape index (κ1) is 24.8. The first-order chi connectivity index (χ1) is 17.4. The van der Waals surface area contributed by atoms with Crippen molar-refractivity contribution in [3.8, 4) is 11.5 Å². The summed E-state index contributed by atoms with van der Waals surface area (Å²) in [5.41, 5.74) is 2.02. The van der Waals surface area contributed by atoms with Gasteiger partial charge in [-0.1, -0.05) is 20.8 Å². The zero-order chi connectivity index (χ0) is 25.4. The molecule has 0 N–H and O–H groups in total. The number of carbonyl (C=O) groups excluding carboxylic acids is 1. The summed E-state index contributed by atoms with van der Waals surface area (Å²) in [5.74, 6) is 4.24. The van der Waals surface area contributed by atoms with Gasteiger partial charge in [0.2, 0.25) is 0 Å².